The summed E-state index contributed by atoms with van der Waals surface area (Å²) in [5, 5.41) is 2.36. The van der Waals surface area contributed by atoms with Crippen LogP contribution in [-0.2, 0) is 20.7 Å². The Morgan fingerprint density at radius 2 is 2.13 bits per heavy atom. The molecule has 8 heteroatoms. The molecule has 0 radical (unpaired) electrons. The molecule has 2 rings (SSSR count). The normalized spacial score (nSPS) is 23.8. The zero-order chi connectivity index (χ0) is 16.9. The maximum absolute atomic E-state index is 12.5. The number of hydrazine groups is 1. The van der Waals surface area contributed by atoms with Gasteiger partial charge < -0.3 is 0 Å². The standard InChI is InChI=1S/C15H22N4O2S2/c1-4-13(20)19-15(10-11-17-23(3)21,22-14(16-2)18-19)12-8-6-5-7-9-12/h5-9,17H,4,10-11H2,1-3H3,(H,16,18). The molecule has 1 aromatic carbocycles. The van der Waals surface area contributed by atoms with Crippen LogP contribution in [0.25, 0.3) is 0 Å². The molecule has 1 fully saturated rings. The lowest BCUT2D eigenvalue weighted by atomic mass is 10.0. The van der Waals surface area contributed by atoms with Crippen molar-refractivity contribution in [2.45, 2.75) is 24.6 Å². The van der Waals surface area contributed by atoms with Gasteiger partial charge in [0.15, 0.2) is 5.17 Å². The summed E-state index contributed by atoms with van der Waals surface area (Å²) in [6.45, 7) is 2.36. The molecule has 1 aliphatic rings. The average molecular weight is 355 g/mol. The molecule has 1 aromatic rings. The first-order valence-corrected chi connectivity index (χ1v) is 9.79. The summed E-state index contributed by atoms with van der Waals surface area (Å²) in [5.74, 6) is -0.00220. The lowest BCUT2D eigenvalue weighted by Crippen LogP contribution is -2.50. The fraction of sp³-hybridized carbons (Fsp3) is 0.467. The Balaban J connectivity index is 2.42. The molecule has 0 saturated carbocycles. The first-order valence-electron chi connectivity index (χ1n) is 7.41. The van der Waals surface area contributed by atoms with Gasteiger partial charge in [-0.15, -0.1) is 0 Å². The summed E-state index contributed by atoms with van der Waals surface area (Å²) >= 11 is 1.52. The zero-order valence-electron chi connectivity index (χ0n) is 13.5. The Hall–Kier alpha value is -1.38. The van der Waals surface area contributed by atoms with E-state index in [-0.39, 0.29) is 5.91 Å². The lowest BCUT2D eigenvalue weighted by Gasteiger charge is -2.36. The molecule has 126 valence electrons. The van der Waals surface area contributed by atoms with Gasteiger partial charge in [0.05, 0.1) is 11.0 Å². The first kappa shape index (κ1) is 18.0. The number of amidine groups is 1. The minimum atomic E-state index is -1.09. The van der Waals surface area contributed by atoms with Crippen LogP contribution in [-0.4, -0.2) is 40.1 Å². The molecule has 2 N–H and O–H groups in total. The summed E-state index contributed by atoms with van der Waals surface area (Å²) < 4.78 is 14.3. The molecule has 6 nitrogen and oxygen atoms in total. The van der Waals surface area contributed by atoms with E-state index < -0.39 is 15.9 Å². The molecule has 1 amide bonds. The van der Waals surface area contributed by atoms with E-state index in [1.54, 1.807) is 18.3 Å². The highest BCUT2D eigenvalue weighted by molar-refractivity contribution is 8.14. The molecule has 23 heavy (non-hydrogen) atoms. The van der Waals surface area contributed by atoms with Crippen LogP contribution in [0, 0.1) is 0 Å². The molecule has 1 saturated heterocycles. The van der Waals surface area contributed by atoms with Crippen LogP contribution >= 0.6 is 11.8 Å². The third-order valence-electron chi connectivity index (χ3n) is 3.58. The van der Waals surface area contributed by atoms with Crippen molar-refractivity contribution in [3.63, 3.8) is 0 Å². The number of amides is 1. The van der Waals surface area contributed by atoms with Gasteiger partial charge in [-0.25, -0.2) is 13.9 Å². The summed E-state index contributed by atoms with van der Waals surface area (Å²) in [4.78, 5) is 16.1. The van der Waals surface area contributed by atoms with Crippen LogP contribution in [0.4, 0.5) is 0 Å². The van der Waals surface area contributed by atoms with Gasteiger partial charge in [0.25, 0.3) is 0 Å². The van der Waals surface area contributed by atoms with Gasteiger partial charge in [0.1, 0.15) is 4.87 Å². The van der Waals surface area contributed by atoms with Crippen molar-refractivity contribution in [1.82, 2.24) is 15.2 Å². The predicted octanol–water partition coefficient (Wildman–Crippen LogP) is 1.59. The van der Waals surface area contributed by atoms with Crippen LogP contribution < -0.4 is 10.1 Å². The van der Waals surface area contributed by atoms with E-state index >= 15 is 0 Å². The molecule has 1 aliphatic heterocycles. The number of hydrogen-bond acceptors (Lipinski definition) is 4. The Morgan fingerprint density at radius 1 is 1.43 bits per heavy atom. The number of thioether (sulfide) groups is 1. The number of nitrogens with one attached hydrogen (secondary N) is 2. The molecule has 0 spiro atoms. The fourth-order valence-electron chi connectivity index (χ4n) is 2.49. The maximum Gasteiger partial charge on any atom is 0.242 e. The SMILES string of the molecule is CCC(=O)N1NC(=NC)SC1(CCNS(C)=O)c1ccccc1. The number of carbonyl (C=O) groups is 1. The quantitative estimate of drug-likeness (QED) is 0.814. The molecule has 0 aliphatic carbocycles. The molecule has 0 aromatic heterocycles. The van der Waals surface area contributed by atoms with Crippen LogP contribution in [0.2, 0.25) is 0 Å². The van der Waals surface area contributed by atoms with Gasteiger partial charge in [-0.05, 0) is 5.56 Å². The highest BCUT2D eigenvalue weighted by Crippen LogP contribution is 2.46. The van der Waals surface area contributed by atoms with Crippen molar-refractivity contribution in [2.24, 2.45) is 4.99 Å². The number of benzene rings is 1. The summed E-state index contributed by atoms with van der Waals surface area (Å²) in [6, 6.07) is 9.88. The van der Waals surface area contributed by atoms with E-state index in [1.807, 2.05) is 37.3 Å². The van der Waals surface area contributed by atoms with E-state index in [4.69, 9.17) is 0 Å². The minimum absolute atomic E-state index is 0.00220. The lowest BCUT2D eigenvalue weighted by molar-refractivity contribution is -0.136. The van der Waals surface area contributed by atoms with Crippen LogP contribution in [0.3, 0.4) is 0 Å². The van der Waals surface area contributed by atoms with E-state index in [1.165, 1.54) is 11.8 Å². The molecular formula is C15H22N4O2S2. The number of aliphatic imine (C=N–C) groups is 1. The van der Waals surface area contributed by atoms with E-state index in [0.29, 0.717) is 24.6 Å². The van der Waals surface area contributed by atoms with Crippen LogP contribution in [0.15, 0.2) is 35.3 Å². The second kappa shape index (κ2) is 7.94. The molecule has 1 heterocycles. The van der Waals surface area contributed by atoms with Crippen molar-refractivity contribution in [3.05, 3.63) is 35.9 Å². The van der Waals surface area contributed by atoms with Crippen molar-refractivity contribution < 1.29 is 9.00 Å². The third-order valence-corrected chi connectivity index (χ3v) is 5.62. The maximum atomic E-state index is 12.5. The smallest absolute Gasteiger partial charge is 0.242 e. The van der Waals surface area contributed by atoms with Gasteiger partial charge >= 0.3 is 0 Å². The third kappa shape index (κ3) is 3.94. The number of rotatable bonds is 6. The van der Waals surface area contributed by atoms with Gasteiger partial charge in [-0.3, -0.25) is 15.2 Å². The van der Waals surface area contributed by atoms with E-state index in [2.05, 4.69) is 15.1 Å². The minimum Gasteiger partial charge on any atom is -0.273 e. The zero-order valence-corrected chi connectivity index (χ0v) is 15.2. The first-order chi connectivity index (χ1) is 11.0. The van der Waals surface area contributed by atoms with Crippen molar-refractivity contribution >= 4 is 33.8 Å². The monoisotopic (exact) mass is 354 g/mol. The van der Waals surface area contributed by atoms with Crippen molar-refractivity contribution in [2.75, 3.05) is 19.8 Å². The van der Waals surface area contributed by atoms with Gasteiger partial charge in [0, 0.05) is 32.7 Å². The van der Waals surface area contributed by atoms with E-state index in [9.17, 15) is 9.00 Å². The second-order valence-electron chi connectivity index (χ2n) is 5.07. The Bertz CT molecular complexity index is 609. The molecule has 2 unspecified atom stereocenters. The predicted molar refractivity (Wildman–Crippen MR) is 96.0 cm³/mol. The Kier molecular flexibility index (Phi) is 6.20. The second-order valence-corrected chi connectivity index (χ2v) is 7.54. The highest BCUT2D eigenvalue weighted by atomic mass is 32.2. The Labute approximate surface area is 143 Å². The number of carbonyl (C=O) groups excluding carboxylic acids is 1. The van der Waals surface area contributed by atoms with Crippen LogP contribution in [0.1, 0.15) is 25.3 Å². The summed E-state index contributed by atoms with van der Waals surface area (Å²) in [5.41, 5.74) is 4.13. The van der Waals surface area contributed by atoms with Gasteiger partial charge in [-0.2, -0.15) is 0 Å². The molecular weight excluding hydrogens is 332 g/mol. The van der Waals surface area contributed by atoms with Gasteiger partial charge in [0.2, 0.25) is 5.91 Å². The van der Waals surface area contributed by atoms with Crippen molar-refractivity contribution in [1.29, 1.82) is 0 Å². The molecule has 0 bridgehead atoms. The van der Waals surface area contributed by atoms with Gasteiger partial charge in [-0.1, -0.05) is 49.0 Å². The topological polar surface area (TPSA) is 73.8 Å². The molecule has 2 atom stereocenters. The fourth-order valence-corrected chi connectivity index (χ4v) is 4.12. The highest BCUT2D eigenvalue weighted by Gasteiger charge is 2.48. The summed E-state index contributed by atoms with van der Waals surface area (Å²) in [6.07, 6.45) is 2.61. The largest absolute Gasteiger partial charge is 0.273 e. The average Bonchev–Trinajstić information content (AvgIpc) is 2.95. The van der Waals surface area contributed by atoms with Crippen LogP contribution in [0.5, 0.6) is 0 Å². The summed E-state index contributed by atoms with van der Waals surface area (Å²) in [7, 11) is 0.611. The van der Waals surface area contributed by atoms with E-state index in [0.717, 1.165) is 5.56 Å². The number of hydrogen-bond donors (Lipinski definition) is 2. The number of nitrogens with zero attached hydrogens (tertiary/aromatic N) is 2. The van der Waals surface area contributed by atoms with Crippen molar-refractivity contribution in [3.8, 4) is 0 Å². The Morgan fingerprint density at radius 3 is 2.70 bits per heavy atom.